The monoisotopic (exact) mass is 638 g/mol. The third kappa shape index (κ3) is 3.74. The van der Waals surface area contributed by atoms with Crippen LogP contribution in [0.25, 0.3) is 105 Å². The van der Waals surface area contributed by atoms with Gasteiger partial charge in [-0.3, -0.25) is 4.57 Å². The van der Waals surface area contributed by atoms with Crippen LogP contribution in [0.3, 0.4) is 0 Å². The first-order valence-corrected chi connectivity index (χ1v) is 16.8. The quantitative estimate of drug-likeness (QED) is 0.181. The van der Waals surface area contributed by atoms with E-state index in [1.165, 1.54) is 16.2 Å². The highest BCUT2D eigenvalue weighted by Gasteiger charge is 2.27. The molecule has 0 aliphatic carbocycles. The lowest BCUT2D eigenvalue weighted by atomic mass is 9.94. The summed E-state index contributed by atoms with van der Waals surface area (Å²) in [6, 6.07) is 54.7. The first-order valence-electron chi connectivity index (χ1n) is 16.8. The number of nitrogens with zero attached hydrogens (tertiary/aromatic N) is 4. The van der Waals surface area contributed by atoms with Gasteiger partial charge in [-0.05, 0) is 33.0 Å². The van der Waals surface area contributed by atoms with Gasteiger partial charge in [-0.25, -0.2) is 4.98 Å². The molecule has 50 heavy (non-hydrogen) atoms. The van der Waals surface area contributed by atoms with Gasteiger partial charge in [0.1, 0.15) is 11.1 Å². The van der Waals surface area contributed by atoms with E-state index in [9.17, 15) is 0 Å². The van der Waals surface area contributed by atoms with Gasteiger partial charge in [0.05, 0.1) is 5.52 Å². The topological polar surface area (TPSA) is 56.7 Å². The lowest BCUT2D eigenvalue weighted by Gasteiger charge is -2.13. The van der Waals surface area contributed by atoms with Crippen LogP contribution in [0.4, 0.5) is 0 Å². The van der Waals surface area contributed by atoms with Crippen LogP contribution >= 0.6 is 0 Å². The van der Waals surface area contributed by atoms with Gasteiger partial charge in [0.15, 0.2) is 17.2 Å². The van der Waals surface area contributed by atoms with E-state index in [0.717, 1.165) is 71.0 Å². The first-order chi connectivity index (χ1) is 24.8. The van der Waals surface area contributed by atoms with E-state index in [4.69, 9.17) is 19.4 Å². The van der Waals surface area contributed by atoms with E-state index in [1.807, 2.05) is 66.7 Å². The Morgan fingerprint density at radius 1 is 0.360 bits per heavy atom. The van der Waals surface area contributed by atoms with E-state index in [-0.39, 0.29) is 0 Å². The Morgan fingerprint density at radius 3 is 1.42 bits per heavy atom. The van der Waals surface area contributed by atoms with Crippen molar-refractivity contribution in [3.8, 4) is 28.7 Å². The molecule has 0 radical (unpaired) electrons. The molecule has 232 valence electrons. The van der Waals surface area contributed by atoms with E-state index in [0.29, 0.717) is 17.6 Å². The molecule has 0 spiro atoms. The molecular formula is C45H26N4O. The zero-order valence-electron chi connectivity index (χ0n) is 26.7. The number of furan rings is 1. The minimum Gasteiger partial charge on any atom is -0.454 e. The van der Waals surface area contributed by atoms with E-state index < -0.39 is 0 Å². The molecule has 0 saturated carbocycles. The van der Waals surface area contributed by atoms with Crippen LogP contribution in [0.2, 0.25) is 0 Å². The summed E-state index contributed by atoms with van der Waals surface area (Å²) in [5.74, 6) is 1.75. The zero-order chi connectivity index (χ0) is 32.8. The molecule has 0 amide bonds. The van der Waals surface area contributed by atoms with Crippen molar-refractivity contribution in [3.63, 3.8) is 0 Å². The highest BCUT2D eigenvalue weighted by atomic mass is 16.3. The predicted molar refractivity (Wildman–Crippen MR) is 205 cm³/mol. The molecule has 0 aliphatic rings. The Kier molecular flexibility index (Phi) is 5.60. The maximum atomic E-state index is 6.93. The van der Waals surface area contributed by atoms with Crippen LogP contribution in [0.15, 0.2) is 162 Å². The molecule has 0 N–H and O–H groups in total. The molecule has 0 fully saturated rings. The molecule has 5 nitrogen and oxygen atoms in total. The summed E-state index contributed by atoms with van der Waals surface area (Å²) in [4.78, 5) is 15.6. The van der Waals surface area contributed by atoms with Gasteiger partial charge in [-0.15, -0.1) is 0 Å². The average molecular weight is 639 g/mol. The van der Waals surface area contributed by atoms with Crippen molar-refractivity contribution in [2.24, 2.45) is 0 Å². The second-order valence-electron chi connectivity index (χ2n) is 12.7. The Balaban J connectivity index is 1.45. The van der Waals surface area contributed by atoms with Gasteiger partial charge in [0.2, 0.25) is 5.95 Å². The number of rotatable bonds is 3. The molecule has 11 rings (SSSR count). The minimum atomic E-state index is 0.537. The lowest BCUT2D eigenvalue weighted by Crippen LogP contribution is -2.06. The van der Waals surface area contributed by atoms with Gasteiger partial charge in [-0.2, -0.15) is 9.97 Å². The summed E-state index contributed by atoms with van der Waals surface area (Å²) >= 11 is 0. The normalized spacial score (nSPS) is 12.0. The molecule has 5 heteroatoms. The van der Waals surface area contributed by atoms with Crippen molar-refractivity contribution in [2.45, 2.75) is 0 Å². The van der Waals surface area contributed by atoms with Crippen LogP contribution in [-0.4, -0.2) is 19.5 Å². The fourth-order valence-corrected chi connectivity index (χ4v) is 7.92. The number of hydrogen-bond acceptors (Lipinski definition) is 4. The number of hydrogen-bond donors (Lipinski definition) is 0. The largest absolute Gasteiger partial charge is 0.454 e. The SMILES string of the molecule is c1ccc(-c2nc(-c3ccccc3)nc(-n3c4c5ccccc5c5ccccc5c4c4c5ccccc5c5c6ccccc6oc5c43)n2)cc1. The fourth-order valence-electron chi connectivity index (χ4n) is 7.92. The van der Waals surface area contributed by atoms with Gasteiger partial charge in [0.25, 0.3) is 0 Å². The molecule has 0 saturated heterocycles. The molecule has 0 aliphatic heterocycles. The molecule has 11 aromatic rings. The van der Waals surface area contributed by atoms with Crippen LogP contribution < -0.4 is 0 Å². The smallest absolute Gasteiger partial charge is 0.238 e. The standard InChI is InChI=1S/C45H26N4O/c1-3-15-27(16-4-1)43-46-44(28-17-5-2-6-18-28)48-45(47-43)49-40-34-24-12-8-20-30(34)29-19-7-9-21-31(29)38(40)39-33-23-11-10-22-32(33)37-35-25-13-14-26-36(35)50-42(37)41(39)49/h1-26H. The Morgan fingerprint density at radius 2 is 0.800 bits per heavy atom. The molecule has 0 bridgehead atoms. The van der Waals surface area contributed by atoms with Crippen LogP contribution in [0.1, 0.15) is 0 Å². The summed E-state index contributed by atoms with van der Waals surface area (Å²) < 4.78 is 9.17. The summed E-state index contributed by atoms with van der Waals surface area (Å²) in [6.07, 6.45) is 0. The van der Waals surface area contributed by atoms with Crippen molar-refractivity contribution in [1.29, 1.82) is 0 Å². The maximum absolute atomic E-state index is 6.93. The first kappa shape index (κ1) is 27.1. The van der Waals surface area contributed by atoms with E-state index >= 15 is 0 Å². The zero-order valence-corrected chi connectivity index (χ0v) is 26.7. The van der Waals surface area contributed by atoms with Crippen molar-refractivity contribution in [3.05, 3.63) is 158 Å². The Hall–Kier alpha value is -6.85. The van der Waals surface area contributed by atoms with Gasteiger partial charge >= 0.3 is 0 Å². The minimum absolute atomic E-state index is 0.537. The summed E-state index contributed by atoms with van der Waals surface area (Å²) in [6.45, 7) is 0. The molecule has 0 atom stereocenters. The highest BCUT2D eigenvalue weighted by molar-refractivity contribution is 6.41. The number of benzene rings is 8. The summed E-state index contributed by atoms with van der Waals surface area (Å²) in [5.41, 5.74) is 5.48. The predicted octanol–water partition coefficient (Wildman–Crippen LogP) is 11.7. The molecule has 8 aromatic carbocycles. The third-order valence-electron chi connectivity index (χ3n) is 10.0. The second-order valence-corrected chi connectivity index (χ2v) is 12.7. The van der Waals surface area contributed by atoms with Gasteiger partial charge in [-0.1, -0.05) is 152 Å². The Labute approximate surface area is 285 Å². The Bertz CT molecular complexity index is 3080. The fraction of sp³-hybridized carbons (Fsp3) is 0. The molecular weight excluding hydrogens is 613 g/mol. The van der Waals surface area contributed by atoms with Crippen molar-refractivity contribution in [2.75, 3.05) is 0 Å². The van der Waals surface area contributed by atoms with Gasteiger partial charge in [0, 0.05) is 38.1 Å². The molecule has 0 unspecified atom stereocenters. The van der Waals surface area contributed by atoms with E-state index in [2.05, 4.69) is 95.6 Å². The van der Waals surface area contributed by atoms with E-state index in [1.54, 1.807) is 0 Å². The van der Waals surface area contributed by atoms with Crippen molar-refractivity contribution < 1.29 is 4.42 Å². The van der Waals surface area contributed by atoms with Crippen LogP contribution in [-0.2, 0) is 0 Å². The van der Waals surface area contributed by atoms with Crippen LogP contribution in [0.5, 0.6) is 0 Å². The number of aromatic nitrogens is 4. The van der Waals surface area contributed by atoms with Gasteiger partial charge < -0.3 is 4.42 Å². The average Bonchev–Trinajstić information content (AvgIpc) is 3.76. The van der Waals surface area contributed by atoms with Crippen molar-refractivity contribution in [1.82, 2.24) is 19.5 Å². The molecule has 3 aromatic heterocycles. The lowest BCUT2D eigenvalue weighted by molar-refractivity contribution is 0.671. The number of fused-ring (bicyclic) bond motifs is 15. The summed E-state index contributed by atoms with van der Waals surface area (Å²) in [7, 11) is 0. The molecule has 3 heterocycles. The third-order valence-corrected chi connectivity index (χ3v) is 10.0. The summed E-state index contributed by atoms with van der Waals surface area (Å²) in [5, 5.41) is 11.4. The highest BCUT2D eigenvalue weighted by Crippen LogP contribution is 2.49. The van der Waals surface area contributed by atoms with Crippen molar-refractivity contribution >= 4 is 76.1 Å². The maximum Gasteiger partial charge on any atom is 0.238 e. The number of para-hydroxylation sites is 1. The second kappa shape index (κ2) is 10.3. The van der Waals surface area contributed by atoms with Crippen LogP contribution in [0, 0.1) is 0 Å².